The molecular formula is C24H32N2O5S. The van der Waals surface area contributed by atoms with Gasteiger partial charge >= 0.3 is 0 Å². The third-order valence-corrected chi connectivity index (χ3v) is 6.77. The summed E-state index contributed by atoms with van der Waals surface area (Å²) in [6.45, 7) is 12.1. The number of carbonyl (C=O) groups excluding carboxylic acids is 1. The van der Waals surface area contributed by atoms with Gasteiger partial charge in [0.1, 0.15) is 18.1 Å². The standard InChI is InChI=1S/C24H32N2O5S/c1-15(2)13-26-20-12-18(8-9-21(20)31-14-24(5,6)23(26)27)25-32(28,29)19-10-16(3)22(30-7)17(4)11-19/h8-12,15,25H,13-14H2,1-7H3. The summed E-state index contributed by atoms with van der Waals surface area (Å²) in [7, 11) is -2.29. The monoisotopic (exact) mass is 460 g/mol. The van der Waals surface area contributed by atoms with Crippen LogP contribution >= 0.6 is 0 Å². The van der Waals surface area contributed by atoms with Gasteiger partial charge in [-0.05, 0) is 75.1 Å². The molecular weight excluding hydrogens is 428 g/mol. The number of hydrogen-bond acceptors (Lipinski definition) is 5. The SMILES string of the molecule is COc1c(C)cc(S(=O)(=O)Nc2ccc3c(c2)N(CC(C)C)C(=O)C(C)(C)CO3)cc1C. The Bertz CT molecular complexity index is 1120. The molecule has 0 aliphatic carbocycles. The number of ether oxygens (including phenoxy) is 2. The number of aryl methyl sites for hydroxylation is 2. The number of anilines is 2. The Morgan fingerprint density at radius 1 is 1.16 bits per heavy atom. The average molecular weight is 461 g/mol. The molecule has 0 bridgehead atoms. The van der Waals surface area contributed by atoms with E-state index in [9.17, 15) is 13.2 Å². The first-order valence-corrected chi connectivity index (χ1v) is 12.1. The number of benzene rings is 2. The molecule has 32 heavy (non-hydrogen) atoms. The number of carbonyl (C=O) groups is 1. The van der Waals surface area contributed by atoms with Crippen LogP contribution in [0.5, 0.6) is 11.5 Å². The quantitative estimate of drug-likeness (QED) is 0.685. The molecule has 0 saturated heterocycles. The molecule has 2 aromatic rings. The van der Waals surface area contributed by atoms with Crippen LogP contribution in [-0.4, -0.2) is 34.6 Å². The predicted octanol–water partition coefficient (Wildman–Crippen LogP) is 4.52. The first-order chi connectivity index (χ1) is 14.9. The number of fused-ring (bicyclic) bond motifs is 1. The second-order valence-corrected chi connectivity index (χ2v) is 11.0. The minimum atomic E-state index is -3.85. The van der Waals surface area contributed by atoms with Crippen molar-refractivity contribution in [3.05, 3.63) is 41.5 Å². The molecule has 0 fully saturated rings. The number of hydrogen-bond donors (Lipinski definition) is 1. The van der Waals surface area contributed by atoms with Crippen molar-refractivity contribution in [3.63, 3.8) is 0 Å². The molecule has 7 nitrogen and oxygen atoms in total. The van der Waals surface area contributed by atoms with E-state index in [0.717, 1.165) is 11.1 Å². The molecule has 0 aromatic heterocycles. The summed E-state index contributed by atoms with van der Waals surface area (Å²) in [5.74, 6) is 1.40. The van der Waals surface area contributed by atoms with Gasteiger partial charge in [0.15, 0.2) is 0 Å². The van der Waals surface area contributed by atoms with Gasteiger partial charge in [0, 0.05) is 6.54 Å². The van der Waals surface area contributed by atoms with E-state index in [1.165, 1.54) is 0 Å². The molecule has 8 heteroatoms. The summed E-state index contributed by atoms with van der Waals surface area (Å²) in [4.78, 5) is 15.1. The van der Waals surface area contributed by atoms with E-state index >= 15 is 0 Å². The van der Waals surface area contributed by atoms with Gasteiger partial charge < -0.3 is 14.4 Å². The van der Waals surface area contributed by atoms with Crippen molar-refractivity contribution in [1.82, 2.24) is 0 Å². The van der Waals surface area contributed by atoms with Crippen molar-refractivity contribution in [2.24, 2.45) is 11.3 Å². The van der Waals surface area contributed by atoms with E-state index in [-0.39, 0.29) is 23.3 Å². The molecule has 1 amide bonds. The lowest BCUT2D eigenvalue weighted by molar-refractivity contribution is -0.127. The molecule has 3 rings (SSSR count). The third-order valence-electron chi connectivity index (χ3n) is 5.41. The number of methoxy groups -OCH3 is 1. The van der Waals surface area contributed by atoms with Crippen molar-refractivity contribution in [3.8, 4) is 11.5 Å². The molecule has 1 aliphatic heterocycles. The van der Waals surface area contributed by atoms with Gasteiger partial charge in [0.05, 0.1) is 28.8 Å². The van der Waals surface area contributed by atoms with Crippen molar-refractivity contribution < 1.29 is 22.7 Å². The smallest absolute Gasteiger partial charge is 0.261 e. The van der Waals surface area contributed by atoms with Crippen LogP contribution in [0.2, 0.25) is 0 Å². The Hall–Kier alpha value is -2.74. The average Bonchev–Trinajstić information content (AvgIpc) is 2.77. The lowest BCUT2D eigenvalue weighted by Crippen LogP contribution is -2.43. The zero-order valence-electron chi connectivity index (χ0n) is 19.8. The molecule has 174 valence electrons. The van der Waals surface area contributed by atoms with Gasteiger partial charge in [-0.25, -0.2) is 8.42 Å². The minimum absolute atomic E-state index is 0.0497. The lowest BCUT2D eigenvalue weighted by atomic mass is 9.92. The summed E-state index contributed by atoms with van der Waals surface area (Å²) >= 11 is 0. The zero-order chi connectivity index (χ0) is 23.8. The van der Waals surface area contributed by atoms with Gasteiger partial charge in [-0.3, -0.25) is 9.52 Å². The van der Waals surface area contributed by atoms with Crippen LogP contribution < -0.4 is 19.1 Å². The Labute approximate surface area is 190 Å². The van der Waals surface area contributed by atoms with Gasteiger partial charge in [0.2, 0.25) is 5.91 Å². The molecule has 0 unspecified atom stereocenters. The van der Waals surface area contributed by atoms with Gasteiger partial charge in [-0.2, -0.15) is 0 Å². The second kappa shape index (κ2) is 8.65. The highest BCUT2D eigenvalue weighted by Crippen LogP contribution is 2.39. The van der Waals surface area contributed by atoms with Crippen LogP contribution in [0.3, 0.4) is 0 Å². The third kappa shape index (κ3) is 4.70. The van der Waals surface area contributed by atoms with Crippen molar-refractivity contribution >= 4 is 27.3 Å². The van der Waals surface area contributed by atoms with Crippen molar-refractivity contribution in [2.45, 2.75) is 46.4 Å². The number of rotatable bonds is 6. The first kappa shape index (κ1) is 23.9. The highest BCUT2D eigenvalue weighted by molar-refractivity contribution is 7.92. The largest absolute Gasteiger partial charge is 0.496 e. The zero-order valence-corrected chi connectivity index (χ0v) is 20.6. The van der Waals surface area contributed by atoms with E-state index in [4.69, 9.17) is 9.47 Å². The van der Waals surface area contributed by atoms with Gasteiger partial charge in [-0.15, -0.1) is 0 Å². The van der Waals surface area contributed by atoms with Crippen LogP contribution in [0.4, 0.5) is 11.4 Å². The fourth-order valence-corrected chi connectivity index (χ4v) is 5.08. The van der Waals surface area contributed by atoms with E-state index in [0.29, 0.717) is 29.4 Å². The Balaban J connectivity index is 2.01. The maximum Gasteiger partial charge on any atom is 0.261 e. The molecule has 1 aliphatic rings. The highest BCUT2D eigenvalue weighted by Gasteiger charge is 2.38. The predicted molar refractivity (Wildman–Crippen MR) is 126 cm³/mol. The fourth-order valence-electron chi connectivity index (χ4n) is 3.86. The topological polar surface area (TPSA) is 84.9 Å². The first-order valence-electron chi connectivity index (χ1n) is 10.6. The molecule has 0 saturated carbocycles. The summed E-state index contributed by atoms with van der Waals surface area (Å²) in [6.07, 6.45) is 0. The number of amides is 1. The van der Waals surface area contributed by atoms with Crippen molar-refractivity contribution in [2.75, 3.05) is 29.9 Å². The summed E-state index contributed by atoms with van der Waals surface area (Å²) < 4.78 is 40.1. The summed E-state index contributed by atoms with van der Waals surface area (Å²) in [6, 6.07) is 8.18. The Kier molecular flexibility index (Phi) is 6.47. The van der Waals surface area contributed by atoms with Gasteiger partial charge in [0.25, 0.3) is 10.0 Å². The Morgan fingerprint density at radius 2 is 1.78 bits per heavy atom. The molecule has 1 heterocycles. The van der Waals surface area contributed by atoms with Crippen molar-refractivity contribution in [1.29, 1.82) is 0 Å². The number of sulfonamides is 1. The molecule has 0 radical (unpaired) electrons. The summed E-state index contributed by atoms with van der Waals surface area (Å²) in [5.41, 5.74) is 1.71. The lowest BCUT2D eigenvalue weighted by Gasteiger charge is -2.29. The highest BCUT2D eigenvalue weighted by atomic mass is 32.2. The van der Waals surface area contributed by atoms with E-state index < -0.39 is 15.4 Å². The number of nitrogens with zero attached hydrogens (tertiary/aromatic N) is 1. The fraction of sp³-hybridized carbons (Fsp3) is 0.458. The van der Waals surface area contributed by atoms with Crippen LogP contribution in [0, 0.1) is 25.2 Å². The van der Waals surface area contributed by atoms with Crippen LogP contribution in [0.25, 0.3) is 0 Å². The van der Waals surface area contributed by atoms with E-state index in [1.54, 1.807) is 42.3 Å². The maximum atomic E-state index is 13.2. The molecule has 0 atom stereocenters. The normalized spacial score (nSPS) is 15.8. The van der Waals surface area contributed by atoms with Crippen LogP contribution in [0.15, 0.2) is 35.2 Å². The van der Waals surface area contributed by atoms with E-state index in [1.807, 2.05) is 41.5 Å². The molecule has 0 spiro atoms. The molecule has 1 N–H and O–H groups in total. The van der Waals surface area contributed by atoms with Crippen LogP contribution in [-0.2, 0) is 14.8 Å². The summed E-state index contributed by atoms with van der Waals surface area (Å²) in [5, 5.41) is 0. The second-order valence-electron chi connectivity index (χ2n) is 9.36. The minimum Gasteiger partial charge on any atom is -0.496 e. The van der Waals surface area contributed by atoms with E-state index in [2.05, 4.69) is 4.72 Å². The van der Waals surface area contributed by atoms with Gasteiger partial charge in [-0.1, -0.05) is 13.8 Å². The molecule has 2 aromatic carbocycles. The van der Waals surface area contributed by atoms with Crippen LogP contribution in [0.1, 0.15) is 38.8 Å². The maximum absolute atomic E-state index is 13.2. The number of nitrogens with one attached hydrogen (secondary N) is 1. The Morgan fingerprint density at radius 3 is 2.34 bits per heavy atom.